The molecule has 7 heteroatoms. The van der Waals surface area contributed by atoms with Crippen LogP contribution in [-0.4, -0.2) is 48.4 Å². The van der Waals surface area contributed by atoms with Crippen LogP contribution in [0, 0.1) is 6.92 Å². The van der Waals surface area contributed by atoms with E-state index in [2.05, 4.69) is 15.2 Å². The maximum absolute atomic E-state index is 12.5. The number of rotatable bonds is 4. The van der Waals surface area contributed by atoms with Crippen molar-refractivity contribution in [3.63, 3.8) is 0 Å². The Morgan fingerprint density at radius 1 is 1.20 bits per heavy atom. The van der Waals surface area contributed by atoms with Crippen molar-refractivity contribution < 1.29 is 9.59 Å². The Bertz CT molecular complexity index is 788. The van der Waals surface area contributed by atoms with Crippen LogP contribution in [0.1, 0.15) is 15.9 Å². The van der Waals surface area contributed by atoms with Crippen molar-refractivity contribution >= 4 is 35.3 Å². The van der Waals surface area contributed by atoms with Gasteiger partial charge in [-0.15, -0.1) is 0 Å². The maximum atomic E-state index is 12.5. The van der Waals surface area contributed by atoms with Crippen molar-refractivity contribution in [3.8, 4) is 0 Å². The first-order chi connectivity index (χ1) is 12.1. The number of piperazine rings is 1. The molecule has 0 unspecified atom stereocenters. The zero-order valence-electron chi connectivity index (χ0n) is 13.9. The molecule has 0 spiro atoms. The lowest BCUT2D eigenvalue weighted by molar-refractivity contribution is -0.118. The molecule has 0 aliphatic carbocycles. The average molecular weight is 359 g/mol. The number of aryl methyl sites for hydroxylation is 1. The first kappa shape index (κ1) is 17.2. The summed E-state index contributed by atoms with van der Waals surface area (Å²) >= 11 is 6.09. The zero-order chi connectivity index (χ0) is 17.8. The summed E-state index contributed by atoms with van der Waals surface area (Å²) in [6.07, 6.45) is 4.14. The SMILES string of the molecule is Cc1ccc(NC(=O)c2cncc(N3CCN(C=O)CC3)c2)cc1Cl. The highest BCUT2D eigenvalue weighted by Gasteiger charge is 2.17. The minimum atomic E-state index is -0.235. The van der Waals surface area contributed by atoms with E-state index in [1.807, 2.05) is 25.1 Å². The summed E-state index contributed by atoms with van der Waals surface area (Å²) in [6, 6.07) is 7.22. The Kier molecular flexibility index (Phi) is 5.19. The molecule has 0 radical (unpaired) electrons. The summed E-state index contributed by atoms with van der Waals surface area (Å²) in [5.74, 6) is -0.235. The smallest absolute Gasteiger partial charge is 0.257 e. The predicted octanol–water partition coefficient (Wildman–Crippen LogP) is 2.57. The van der Waals surface area contributed by atoms with Gasteiger partial charge in [-0.3, -0.25) is 14.6 Å². The quantitative estimate of drug-likeness (QED) is 0.853. The van der Waals surface area contributed by atoms with Crippen molar-refractivity contribution in [2.75, 3.05) is 36.4 Å². The lowest BCUT2D eigenvalue weighted by Crippen LogP contribution is -2.45. The first-order valence-corrected chi connectivity index (χ1v) is 8.41. The zero-order valence-corrected chi connectivity index (χ0v) is 14.7. The van der Waals surface area contributed by atoms with Crippen LogP contribution in [0.5, 0.6) is 0 Å². The third kappa shape index (κ3) is 4.09. The molecule has 25 heavy (non-hydrogen) atoms. The fourth-order valence-corrected chi connectivity index (χ4v) is 2.86. The van der Waals surface area contributed by atoms with Crippen molar-refractivity contribution in [2.24, 2.45) is 0 Å². The Morgan fingerprint density at radius 2 is 1.96 bits per heavy atom. The number of aromatic nitrogens is 1. The molecule has 1 fully saturated rings. The third-order valence-electron chi connectivity index (χ3n) is 4.24. The summed E-state index contributed by atoms with van der Waals surface area (Å²) in [4.78, 5) is 31.3. The van der Waals surface area contributed by atoms with Crippen LogP contribution in [-0.2, 0) is 4.79 Å². The van der Waals surface area contributed by atoms with E-state index < -0.39 is 0 Å². The summed E-state index contributed by atoms with van der Waals surface area (Å²) in [5, 5.41) is 3.45. The van der Waals surface area contributed by atoms with Gasteiger partial charge in [-0.05, 0) is 30.7 Å². The second-order valence-electron chi connectivity index (χ2n) is 5.98. The lowest BCUT2D eigenvalue weighted by atomic mass is 10.2. The van der Waals surface area contributed by atoms with E-state index in [1.165, 1.54) is 6.20 Å². The number of amides is 2. The van der Waals surface area contributed by atoms with E-state index in [1.54, 1.807) is 17.2 Å². The van der Waals surface area contributed by atoms with Crippen LogP contribution in [0.3, 0.4) is 0 Å². The number of hydrogen-bond donors (Lipinski definition) is 1. The van der Waals surface area contributed by atoms with Gasteiger partial charge in [0.1, 0.15) is 0 Å². The van der Waals surface area contributed by atoms with Crippen molar-refractivity contribution in [1.29, 1.82) is 0 Å². The summed E-state index contributed by atoms with van der Waals surface area (Å²) in [6.45, 7) is 4.69. The van der Waals surface area contributed by atoms with Gasteiger partial charge in [0.2, 0.25) is 6.41 Å². The molecule has 1 aromatic heterocycles. The number of nitrogens with one attached hydrogen (secondary N) is 1. The van der Waals surface area contributed by atoms with Crippen LogP contribution in [0.4, 0.5) is 11.4 Å². The third-order valence-corrected chi connectivity index (χ3v) is 4.65. The molecule has 1 N–H and O–H groups in total. The molecule has 3 rings (SSSR count). The van der Waals surface area contributed by atoms with Gasteiger partial charge >= 0.3 is 0 Å². The van der Waals surface area contributed by atoms with E-state index in [9.17, 15) is 9.59 Å². The van der Waals surface area contributed by atoms with Crippen LogP contribution in [0.2, 0.25) is 5.02 Å². The average Bonchev–Trinajstić information content (AvgIpc) is 2.65. The number of pyridine rings is 1. The number of carbonyl (C=O) groups excluding carboxylic acids is 2. The highest BCUT2D eigenvalue weighted by Crippen LogP contribution is 2.21. The Hall–Kier alpha value is -2.60. The number of hydrogen-bond acceptors (Lipinski definition) is 4. The van der Waals surface area contributed by atoms with Crippen LogP contribution >= 0.6 is 11.6 Å². The molecule has 2 heterocycles. The molecule has 0 bridgehead atoms. The first-order valence-electron chi connectivity index (χ1n) is 8.03. The summed E-state index contributed by atoms with van der Waals surface area (Å²) < 4.78 is 0. The second-order valence-corrected chi connectivity index (χ2v) is 6.39. The number of nitrogens with zero attached hydrogens (tertiary/aromatic N) is 3. The Morgan fingerprint density at radius 3 is 2.64 bits per heavy atom. The van der Waals surface area contributed by atoms with Crippen LogP contribution < -0.4 is 10.2 Å². The summed E-state index contributed by atoms with van der Waals surface area (Å²) in [5.41, 5.74) is 2.95. The van der Waals surface area contributed by atoms with E-state index in [4.69, 9.17) is 11.6 Å². The minimum Gasteiger partial charge on any atom is -0.367 e. The fraction of sp³-hybridized carbons (Fsp3) is 0.278. The van der Waals surface area contributed by atoms with Crippen molar-refractivity contribution in [2.45, 2.75) is 6.92 Å². The van der Waals surface area contributed by atoms with E-state index in [0.717, 1.165) is 30.8 Å². The largest absolute Gasteiger partial charge is 0.367 e. The fourth-order valence-electron chi connectivity index (χ4n) is 2.68. The molecule has 1 aromatic carbocycles. The second kappa shape index (κ2) is 7.53. The summed E-state index contributed by atoms with van der Waals surface area (Å²) in [7, 11) is 0. The molecule has 1 aliphatic rings. The minimum absolute atomic E-state index is 0.235. The molecule has 6 nitrogen and oxygen atoms in total. The van der Waals surface area contributed by atoms with Crippen LogP contribution in [0.25, 0.3) is 0 Å². The molecular weight excluding hydrogens is 340 g/mol. The van der Waals surface area contributed by atoms with E-state index in [-0.39, 0.29) is 5.91 Å². The van der Waals surface area contributed by atoms with Crippen LogP contribution in [0.15, 0.2) is 36.7 Å². The number of carbonyl (C=O) groups is 2. The maximum Gasteiger partial charge on any atom is 0.257 e. The Balaban J connectivity index is 1.71. The molecule has 2 aromatic rings. The van der Waals surface area contributed by atoms with Gasteiger partial charge in [0, 0.05) is 43.1 Å². The molecule has 130 valence electrons. The van der Waals surface area contributed by atoms with E-state index >= 15 is 0 Å². The molecular formula is C18H19ClN4O2. The van der Waals surface area contributed by atoms with E-state index in [0.29, 0.717) is 29.4 Å². The van der Waals surface area contributed by atoms with Crippen molar-refractivity contribution in [3.05, 3.63) is 52.8 Å². The number of benzene rings is 1. The monoisotopic (exact) mass is 358 g/mol. The molecule has 1 saturated heterocycles. The Labute approximate surface area is 151 Å². The lowest BCUT2D eigenvalue weighted by Gasteiger charge is -2.34. The normalized spacial score (nSPS) is 14.3. The van der Waals surface area contributed by atoms with Gasteiger partial charge in [0.25, 0.3) is 5.91 Å². The topological polar surface area (TPSA) is 65.5 Å². The number of anilines is 2. The van der Waals surface area contributed by atoms with Gasteiger partial charge in [-0.25, -0.2) is 0 Å². The predicted molar refractivity (Wildman–Crippen MR) is 98.2 cm³/mol. The standard InChI is InChI=1S/C18H19ClN4O2/c1-13-2-3-15(9-17(13)19)21-18(25)14-8-16(11-20-10-14)23-6-4-22(12-24)5-7-23/h2-3,8-12H,4-7H2,1H3,(H,21,25). The molecule has 1 aliphatic heterocycles. The number of halogens is 1. The highest BCUT2D eigenvalue weighted by atomic mass is 35.5. The highest BCUT2D eigenvalue weighted by molar-refractivity contribution is 6.31. The van der Waals surface area contributed by atoms with Gasteiger partial charge in [0.15, 0.2) is 0 Å². The molecule has 2 amide bonds. The van der Waals surface area contributed by atoms with Gasteiger partial charge < -0.3 is 15.1 Å². The van der Waals surface area contributed by atoms with Gasteiger partial charge in [0.05, 0.1) is 17.4 Å². The molecule has 0 saturated carbocycles. The van der Waals surface area contributed by atoms with Gasteiger partial charge in [-0.1, -0.05) is 17.7 Å². The van der Waals surface area contributed by atoms with Gasteiger partial charge in [-0.2, -0.15) is 0 Å². The van der Waals surface area contributed by atoms with Crippen molar-refractivity contribution in [1.82, 2.24) is 9.88 Å². The molecule has 0 atom stereocenters.